The Morgan fingerprint density at radius 3 is 2.64 bits per heavy atom. The van der Waals surface area contributed by atoms with E-state index in [9.17, 15) is 9.59 Å². The second-order valence-electron chi connectivity index (χ2n) is 4.27. The molecule has 0 radical (unpaired) electrons. The van der Waals surface area contributed by atoms with E-state index < -0.39 is 12.1 Å². The Morgan fingerprint density at radius 2 is 1.91 bits per heavy atom. The summed E-state index contributed by atoms with van der Waals surface area (Å²) in [5, 5.41) is 2.98. The van der Waals surface area contributed by atoms with Gasteiger partial charge in [0.25, 0.3) is 0 Å². The van der Waals surface area contributed by atoms with E-state index >= 15 is 0 Å². The molecule has 0 fully saturated rings. The number of amides is 1. The fraction of sp³-hybridized carbons (Fsp3) is 0.125. The number of carbonyl (C=O) groups is 2. The molecule has 0 heterocycles. The van der Waals surface area contributed by atoms with Crippen LogP contribution in [0.5, 0.6) is 5.75 Å². The van der Waals surface area contributed by atoms with Gasteiger partial charge >= 0.3 is 12.1 Å². The van der Waals surface area contributed by atoms with Gasteiger partial charge in [0.05, 0.1) is 12.2 Å². The Labute approximate surface area is 132 Å². The van der Waals surface area contributed by atoms with Gasteiger partial charge in [0.2, 0.25) is 0 Å². The fourth-order valence-corrected chi connectivity index (χ4v) is 1.89. The summed E-state index contributed by atoms with van der Waals surface area (Å²) < 4.78 is 10.0. The van der Waals surface area contributed by atoms with E-state index in [0.29, 0.717) is 22.0 Å². The first-order chi connectivity index (χ1) is 10.6. The molecule has 0 saturated heterocycles. The summed E-state index contributed by atoms with van der Waals surface area (Å²) in [6.07, 6.45) is -0.569. The van der Waals surface area contributed by atoms with Gasteiger partial charge in [-0.3, -0.25) is 5.32 Å². The lowest BCUT2D eigenvalue weighted by molar-refractivity contribution is 0.0735. The Balaban J connectivity index is 2.07. The van der Waals surface area contributed by atoms with E-state index in [1.807, 2.05) is 0 Å². The van der Waals surface area contributed by atoms with Crippen LogP contribution in [0.2, 0.25) is 5.02 Å². The molecule has 0 aromatic heterocycles. The van der Waals surface area contributed by atoms with Crippen LogP contribution in [0.1, 0.15) is 17.3 Å². The van der Waals surface area contributed by atoms with Crippen LogP contribution in [-0.4, -0.2) is 18.7 Å². The van der Waals surface area contributed by atoms with Gasteiger partial charge in [-0.05, 0) is 37.3 Å². The molecule has 0 aliphatic rings. The van der Waals surface area contributed by atoms with Crippen molar-refractivity contribution in [1.29, 1.82) is 0 Å². The summed E-state index contributed by atoms with van der Waals surface area (Å²) in [5.41, 5.74) is 0.811. The minimum absolute atomic E-state index is 0.273. The predicted octanol–water partition coefficient (Wildman–Crippen LogP) is 4.13. The van der Waals surface area contributed by atoms with Crippen LogP contribution < -0.4 is 10.1 Å². The van der Waals surface area contributed by atoms with Crippen LogP contribution in [0.4, 0.5) is 10.5 Å². The van der Waals surface area contributed by atoms with Gasteiger partial charge in [-0.15, -0.1) is 0 Å². The van der Waals surface area contributed by atoms with E-state index in [1.165, 1.54) is 12.1 Å². The van der Waals surface area contributed by atoms with Crippen molar-refractivity contribution in [2.75, 3.05) is 11.9 Å². The van der Waals surface area contributed by atoms with Gasteiger partial charge in [-0.1, -0.05) is 23.7 Å². The van der Waals surface area contributed by atoms with Crippen molar-refractivity contribution in [2.45, 2.75) is 6.92 Å². The zero-order valence-corrected chi connectivity index (χ0v) is 12.6. The lowest BCUT2D eigenvalue weighted by Crippen LogP contribution is -2.13. The maximum Gasteiger partial charge on any atom is 0.411 e. The minimum atomic E-state index is -0.569. The van der Waals surface area contributed by atoms with Crippen molar-refractivity contribution in [3.05, 3.63) is 59.1 Å². The molecule has 2 rings (SSSR count). The predicted molar refractivity (Wildman–Crippen MR) is 83.5 cm³/mol. The zero-order chi connectivity index (χ0) is 15.9. The molecule has 0 atom stereocenters. The number of anilines is 1. The summed E-state index contributed by atoms with van der Waals surface area (Å²) in [4.78, 5) is 23.4. The van der Waals surface area contributed by atoms with E-state index in [4.69, 9.17) is 21.1 Å². The number of hydrogen-bond donors (Lipinski definition) is 1. The summed E-state index contributed by atoms with van der Waals surface area (Å²) in [5.74, 6) is -0.227. The molecule has 0 unspecified atom stereocenters. The summed E-state index contributed by atoms with van der Waals surface area (Å²) in [6.45, 7) is 1.98. The number of hydrogen-bond acceptors (Lipinski definition) is 4. The van der Waals surface area contributed by atoms with E-state index in [1.54, 1.807) is 43.3 Å². The van der Waals surface area contributed by atoms with Crippen LogP contribution in [0.15, 0.2) is 48.5 Å². The van der Waals surface area contributed by atoms with E-state index in [-0.39, 0.29) is 6.61 Å². The SMILES string of the molecule is CCOC(=O)Nc1cccc(OC(=O)c2cccc(Cl)c2)c1. The standard InChI is InChI=1S/C16H14ClNO4/c1-2-21-16(20)18-13-7-4-8-14(10-13)22-15(19)11-5-3-6-12(17)9-11/h3-10H,2H2,1H3,(H,18,20). The quantitative estimate of drug-likeness (QED) is 0.680. The van der Waals surface area contributed by atoms with Gasteiger partial charge in [0, 0.05) is 16.8 Å². The topological polar surface area (TPSA) is 64.6 Å². The number of carbonyl (C=O) groups excluding carboxylic acids is 2. The maximum atomic E-state index is 12.0. The second-order valence-corrected chi connectivity index (χ2v) is 4.71. The third kappa shape index (κ3) is 4.49. The molecule has 2 aromatic rings. The van der Waals surface area contributed by atoms with Crippen LogP contribution in [0.25, 0.3) is 0 Å². The molecule has 1 N–H and O–H groups in total. The van der Waals surface area contributed by atoms with Crippen LogP contribution in [-0.2, 0) is 4.74 Å². The van der Waals surface area contributed by atoms with Gasteiger partial charge in [0.15, 0.2) is 0 Å². The third-order valence-corrected chi connectivity index (χ3v) is 2.86. The molecule has 6 heteroatoms. The van der Waals surface area contributed by atoms with Crippen molar-refractivity contribution in [3.8, 4) is 5.75 Å². The lowest BCUT2D eigenvalue weighted by Gasteiger charge is -2.08. The van der Waals surface area contributed by atoms with Crippen molar-refractivity contribution in [3.63, 3.8) is 0 Å². The van der Waals surface area contributed by atoms with Crippen molar-refractivity contribution < 1.29 is 19.1 Å². The number of halogens is 1. The number of benzene rings is 2. The number of nitrogens with one attached hydrogen (secondary N) is 1. The Bertz CT molecular complexity index is 687. The van der Waals surface area contributed by atoms with Gasteiger partial charge in [0.1, 0.15) is 5.75 Å². The molecular weight excluding hydrogens is 306 g/mol. The molecule has 0 saturated carbocycles. The van der Waals surface area contributed by atoms with Crippen molar-refractivity contribution in [2.24, 2.45) is 0 Å². The van der Waals surface area contributed by atoms with Gasteiger partial charge in [-0.2, -0.15) is 0 Å². The molecule has 0 bridgehead atoms. The monoisotopic (exact) mass is 319 g/mol. The summed E-state index contributed by atoms with van der Waals surface area (Å²) >= 11 is 5.83. The molecule has 2 aromatic carbocycles. The molecule has 0 spiro atoms. The van der Waals surface area contributed by atoms with Crippen LogP contribution in [0, 0.1) is 0 Å². The van der Waals surface area contributed by atoms with Crippen molar-refractivity contribution >= 4 is 29.4 Å². The number of ether oxygens (including phenoxy) is 2. The third-order valence-electron chi connectivity index (χ3n) is 2.63. The highest BCUT2D eigenvalue weighted by Gasteiger charge is 2.10. The first-order valence-electron chi connectivity index (χ1n) is 6.60. The second kappa shape index (κ2) is 7.47. The molecule has 0 aliphatic heterocycles. The van der Waals surface area contributed by atoms with Crippen LogP contribution >= 0.6 is 11.6 Å². The lowest BCUT2D eigenvalue weighted by atomic mass is 10.2. The van der Waals surface area contributed by atoms with Crippen LogP contribution in [0.3, 0.4) is 0 Å². The Kier molecular flexibility index (Phi) is 5.38. The Hall–Kier alpha value is -2.53. The highest BCUT2D eigenvalue weighted by Crippen LogP contribution is 2.19. The molecule has 22 heavy (non-hydrogen) atoms. The number of esters is 1. The first-order valence-corrected chi connectivity index (χ1v) is 6.98. The highest BCUT2D eigenvalue weighted by atomic mass is 35.5. The largest absolute Gasteiger partial charge is 0.450 e. The smallest absolute Gasteiger partial charge is 0.411 e. The number of rotatable bonds is 4. The first kappa shape index (κ1) is 15.9. The van der Waals surface area contributed by atoms with Crippen molar-refractivity contribution in [1.82, 2.24) is 0 Å². The van der Waals surface area contributed by atoms with Gasteiger partial charge in [-0.25, -0.2) is 9.59 Å². The molecular formula is C16H14ClNO4. The Morgan fingerprint density at radius 1 is 1.14 bits per heavy atom. The summed E-state index contributed by atoms with van der Waals surface area (Å²) in [6, 6.07) is 12.9. The molecule has 1 amide bonds. The highest BCUT2D eigenvalue weighted by molar-refractivity contribution is 6.30. The van der Waals surface area contributed by atoms with E-state index in [0.717, 1.165) is 0 Å². The van der Waals surface area contributed by atoms with E-state index in [2.05, 4.69) is 5.32 Å². The molecule has 0 aliphatic carbocycles. The average molecular weight is 320 g/mol. The van der Waals surface area contributed by atoms with Gasteiger partial charge < -0.3 is 9.47 Å². The minimum Gasteiger partial charge on any atom is -0.450 e. The zero-order valence-electron chi connectivity index (χ0n) is 11.8. The molecule has 114 valence electrons. The maximum absolute atomic E-state index is 12.0. The molecule has 5 nitrogen and oxygen atoms in total. The average Bonchev–Trinajstić information content (AvgIpc) is 2.47. The normalized spacial score (nSPS) is 9.91. The summed E-state index contributed by atoms with van der Waals surface area (Å²) in [7, 11) is 0. The fourth-order valence-electron chi connectivity index (χ4n) is 1.70.